The molecule has 1 fully saturated rings. The molecular formula is C36H46BN5O10. The number of hydrogen-bond acceptors (Lipinski definition) is 14. The summed E-state index contributed by atoms with van der Waals surface area (Å²) in [4.78, 5) is 30.9. The average molecular weight is 720 g/mol. The van der Waals surface area contributed by atoms with Gasteiger partial charge in [-0.1, -0.05) is 18.7 Å². The van der Waals surface area contributed by atoms with Crippen LogP contribution in [0.2, 0.25) is 6.82 Å². The first-order chi connectivity index (χ1) is 25.0. The molecule has 0 saturated carbocycles. The molecule has 4 heterocycles. The highest BCUT2D eigenvalue weighted by molar-refractivity contribution is 6.46. The van der Waals surface area contributed by atoms with E-state index in [1.54, 1.807) is 28.1 Å². The quantitative estimate of drug-likeness (QED) is 0.0961. The number of carbonyl (C=O) groups is 2. The third kappa shape index (κ3) is 6.41. The topological polar surface area (TPSA) is 173 Å². The van der Waals surface area contributed by atoms with Gasteiger partial charge < -0.3 is 48.7 Å². The Balaban J connectivity index is 1.57. The van der Waals surface area contributed by atoms with Gasteiger partial charge in [0.15, 0.2) is 29.8 Å². The molecular weight excluding hydrogens is 673 g/mol. The van der Waals surface area contributed by atoms with E-state index in [0.29, 0.717) is 52.5 Å². The van der Waals surface area contributed by atoms with E-state index in [1.807, 2.05) is 14.0 Å². The number of piperazine rings is 1. The molecule has 2 aromatic carbocycles. The molecule has 0 aromatic heterocycles. The molecule has 6 rings (SSSR count). The van der Waals surface area contributed by atoms with Gasteiger partial charge in [0.05, 0.1) is 31.3 Å². The Labute approximate surface area is 303 Å². The second-order valence-corrected chi connectivity index (χ2v) is 13.5. The van der Waals surface area contributed by atoms with Gasteiger partial charge in [-0.25, -0.2) is 4.79 Å². The number of carbonyl (C=O) groups excluding carboxylic acids is 2. The van der Waals surface area contributed by atoms with Gasteiger partial charge in [0, 0.05) is 48.0 Å². The van der Waals surface area contributed by atoms with Gasteiger partial charge in [0.2, 0.25) is 12.7 Å². The van der Waals surface area contributed by atoms with Crippen LogP contribution >= 0.6 is 0 Å². The largest absolute Gasteiger partial charge is 0.514 e. The zero-order valence-corrected chi connectivity index (χ0v) is 30.6. The maximum atomic E-state index is 13.4. The Morgan fingerprint density at radius 1 is 1.17 bits per heavy atom. The SMILES string of the molecule is C=CCOC(=O)Oc1c(C)c2c(c3c1CC1[C@@H]4c5c(cc(C)c(OC)c5OCOC)C[C@@H]([C@H](C#N)N1[C@H]3CNC(=O)[C@H](C)NB(C)O)N4C)OCO2. The average Bonchev–Trinajstić information content (AvgIpc) is 3.60. The lowest BCUT2D eigenvalue weighted by Gasteiger charge is -2.60. The maximum absolute atomic E-state index is 13.4. The van der Waals surface area contributed by atoms with Crippen LogP contribution in [0.4, 0.5) is 4.79 Å². The zero-order chi connectivity index (χ0) is 37.4. The fourth-order valence-electron chi connectivity index (χ4n) is 8.43. The number of hydrogen-bond donors (Lipinski definition) is 3. The summed E-state index contributed by atoms with van der Waals surface area (Å²) in [6.45, 7) is 10.5. The van der Waals surface area contributed by atoms with Crippen molar-refractivity contribution in [3.05, 3.63) is 52.1 Å². The number of ether oxygens (including phenoxy) is 7. The van der Waals surface area contributed by atoms with Crippen molar-refractivity contribution in [1.82, 2.24) is 20.3 Å². The Morgan fingerprint density at radius 2 is 1.92 bits per heavy atom. The minimum absolute atomic E-state index is 0.00896. The highest BCUT2D eigenvalue weighted by Gasteiger charge is 2.57. The number of nitriles is 1. The predicted octanol–water partition coefficient (Wildman–Crippen LogP) is 2.70. The fourth-order valence-corrected chi connectivity index (χ4v) is 8.43. The van der Waals surface area contributed by atoms with E-state index < -0.39 is 37.4 Å². The fraction of sp³-hybridized carbons (Fsp3) is 0.528. The van der Waals surface area contributed by atoms with Crippen LogP contribution in [-0.4, -0.2) is 106 Å². The Bertz CT molecular complexity index is 1780. The molecule has 3 N–H and O–H groups in total. The smallest absolute Gasteiger partial charge is 0.493 e. The molecule has 4 aliphatic rings. The minimum Gasteiger partial charge on any atom is -0.493 e. The van der Waals surface area contributed by atoms with Crippen molar-refractivity contribution in [2.24, 2.45) is 0 Å². The Kier molecular flexibility index (Phi) is 10.9. The first kappa shape index (κ1) is 37.2. The number of fused-ring (bicyclic) bond motifs is 9. The van der Waals surface area contributed by atoms with E-state index in [2.05, 4.69) is 39.1 Å². The van der Waals surface area contributed by atoms with Crippen LogP contribution < -0.4 is 34.2 Å². The predicted molar refractivity (Wildman–Crippen MR) is 189 cm³/mol. The number of benzene rings is 2. The molecule has 4 aliphatic heterocycles. The van der Waals surface area contributed by atoms with Crippen LogP contribution in [0.15, 0.2) is 18.7 Å². The van der Waals surface area contributed by atoms with Gasteiger partial charge in [-0.15, -0.1) is 0 Å². The number of methoxy groups -OCH3 is 2. The van der Waals surface area contributed by atoms with E-state index in [1.165, 1.54) is 12.9 Å². The molecule has 1 amide bonds. The molecule has 2 aromatic rings. The van der Waals surface area contributed by atoms with Crippen molar-refractivity contribution in [1.29, 1.82) is 5.26 Å². The monoisotopic (exact) mass is 719 g/mol. The van der Waals surface area contributed by atoms with Gasteiger partial charge >= 0.3 is 13.2 Å². The minimum atomic E-state index is -0.913. The molecule has 52 heavy (non-hydrogen) atoms. The molecule has 278 valence electrons. The van der Waals surface area contributed by atoms with Gasteiger partial charge in [-0.05, 0) is 58.6 Å². The number of nitrogens with zero attached hydrogens (tertiary/aromatic N) is 3. The molecule has 1 saturated heterocycles. The summed E-state index contributed by atoms with van der Waals surface area (Å²) in [5.74, 6) is 1.94. The van der Waals surface area contributed by atoms with E-state index in [4.69, 9.17) is 33.2 Å². The van der Waals surface area contributed by atoms with Crippen molar-refractivity contribution in [2.75, 3.05) is 48.0 Å². The lowest BCUT2D eigenvalue weighted by Crippen LogP contribution is -2.69. The standard InChI is InChI=1S/C36H46BN5O10/c1-9-10-48-36(44)52-31-19(3)32-34(51-17-50-32)28-22(31)13-24-29-27-21(11-18(2)30(47-8)33(27)49-16-46-7)12-23(41(29)6)25(14-38)42(24)26(28)15-39-35(43)20(4)40-37(5)45/h9,11,20,23-26,29,40,45H,1,10,12-13,15-17H2,2-8H3,(H,39,43)/t20-,23-,24?,25-,26-,29+/m0/s1. The number of aryl methyl sites for hydroxylation is 1. The van der Waals surface area contributed by atoms with E-state index in [0.717, 1.165) is 16.7 Å². The normalized spacial score (nSPS) is 23.2. The van der Waals surface area contributed by atoms with Crippen LogP contribution in [0.3, 0.4) is 0 Å². The summed E-state index contributed by atoms with van der Waals surface area (Å²) >= 11 is 0. The Morgan fingerprint density at radius 3 is 2.60 bits per heavy atom. The van der Waals surface area contributed by atoms with Crippen LogP contribution in [0.1, 0.15) is 52.4 Å². The number of likely N-dealkylation sites (N-methyl/N-ethyl adjacent to an activating group) is 1. The number of nitrogens with one attached hydrogen (secondary N) is 2. The van der Waals surface area contributed by atoms with Crippen LogP contribution in [0.25, 0.3) is 0 Å². The van der Waals surface area contributed by atoms with Crippen molar-refractivity contribution < 1.29 is 47.8 Å². The van der Waals surface area contributed by atoms with Gasteiger partial charge in [-0.3, -0.25) is 14.6 Å². The molecule has 6 atom stereocenters. The molecule has 15 nitrogen and oxygen atoms in total. The molecule has 0 aliphatic carbocycles. The summed E-state index contributed by atoms with van der Waals surface area (Å²) < 4.78 is 40.8. The molecule has 1 unspecified atom stereocenters. The van der Waals surface area contributed by atoms with Gasteiger partial charge in [-0.2, -0.15) is 5.26 Å². The van der Waals surface area contributed by atoms with Crippen LogP contribution in [0.5, 0.6) is 28.7 Å². The van der Waals surface area contributed by atoms with Crippen molar-refractivity contribution >= 4 is 19.1 Å². The molecule has 0 radical (unpaired) electrons. The number of rotatable bonds is 12. The maximum Gasteiger partial charge on any atom is 0.514 e. The summed E-state index contributed by atoms with van der Waals surface area (Å²) in [5, 5.41) is 26.8. The van der Waals surface area contributed by atoms with Crippen molar-refractivity contribution in [3.8, 4) is 34.8 Å². The van der Waals surface area contributed by atoms with Crippen molar-refractivity contribution in [2.45, 2.75) is 76.7 Å². The second kappa shape index (κ2) is 15.2. The summed E-state index contributed by atoms with van der Waals surface area (Å²) in [7, 11) is 4.26. The zero-order valence-electron chi connectivity index (χ0n) is 30.6. The molecule has 16 heteroatoms. The lowest BCUT2D eigenvalue weighted by molar-refractivity contribution is -0.123. The highest BCUT2D eigenvalue weighted by atomic mass is 16.7. The van der Waals surface area contributed by atoms with Crippen LogP contribution in [-0.2, 0) is 27.1 Å². The second-order valence-electron chi connectivity index (χ2n) is 13.5. The summed E-state index contributed by atoms with van der Waals surface area (Å²) in [6, 6.07) is 1.74. The third-order valence-electron chi connectivity index (χ3n) is 10.4. The van der Waals surface area contributed by atoms with Crippen molar-refractivity contribution in [3.63, 3.8) is 0 Å². The number of amides is 1. The van der Waals surface area contributed by atoms with Gasteiger partial charge in [0.25, 0.3) is 0 Å². The van der Waals surface area contributed by atoms with E-state index in [-0.39, 0.29) is 50.5 Å². The highest BCUT2D eigenvalue weighted by Crippen LogP contribution is 2.58. The first-order valence-electron chi connectivity index (χ1n) is 17.3. The third-order valence-corrected chi connectivity index (χ3v) is 10.4. The van der Waals surface area contributed by atoms with Gasteiger partial charge in [0.1, 0.15) is 18.4 Å². The summed E-state index contributed by atoms with van der Waals surface area (Å²) in [5.41, 5.74) is 4.72. The lowest BCUT2D eigenvalue weighted by atomic mass is 9.71. The Hall–Kier alpha value is -4.53. The van der Waals surface area contributed by atoms with E-state index in [9.17, 15) is 19.9 Å². The molecule has 2 bridgehead atoms. The summed E-state index contributed by atoms with van der Waals surface area (Å²) in [6.07, 6.45) is 1.40. The molecule has 0 spiro atoms. The van der Waals surface area contributed by atoms with E-state index >= 15 is 0 Å². The first-order valence-corrected chi connectivity index (χ1v) is 17.3. The van der Waals surface area contributed by atoms with Crippen LogP contribution in [0, 0.1) is 25.2 Å².